The Bertz CT molecular complexity index is 495. The molecule has 1 rings (SSSR count). The average molecular weight is 251 g/mol. The van der Waals surface area contributed by atoms with Gasteiger partial charge in [-0.05, 0) is 13.0 Å². The fraction of sp³-hybridized carbons (Fsp3) is 0.250. The molecule has 1 atom stereocenters. The summed E-state index contributed by atoms with van der Waals surface area (Å²) in [5, 5.41) is 20.9. The maximum Gasteiger partial charge on any atom is 0.336 e. The van der Waals surface area contributed by atoms with Crippen molar-refractivity contribution < 1.29 is 19.6 Å². The third-order valence-corrected chi connectivity index (χ3v) is 2.45. The van der Waals surface area contributed by atoms with E-state index in [0.717, 1.165) is 0 Å². The maximum atomic E-state index is 11.4. The van der Waals surface area contributed by atoms with Crippen LogP contribution < -0.4 is 0 Å². The Hall–Kier alpha value is -2.21. The molecule has 96 valence electrons. The van der Waals surface area contributed by atoms with Gasteiger partial charge in [-0.3, -0.25) is 10.1 Å². The summed E-state index contributed by atoms with van der Waals surface area (Å²) in [5.74, 6) is -0.719. The van der Waals surface area contributed by atoms with E-state index in [2.05, 4.69) is 4.74 Å². The second-order valence-corrected chi connectivity index (χ2v) is 3.45. The minimum absolute atomic E-state index is 0.0354. The first kappa shape index (κ1) is 13.9. The molecule has 0 saturated heterocycles. The number of esters is 1. The molecule has 6 nitrogen and oxygen atoms in total. The molecule has 0 aliphatic rings. The molecule has 0 aromatic heterocycles. The van der Waals surface area contributed by atoms with Crippen LogP contribution in [0.25, 0.3) is 0 Å². The monoisotopic (exact) mass is 251 g/mol. The molecule has 0 aliphatic carbocycles. The van der Waals surface area contributed by atoms with Crippen LogP contribution in [0, 0.1) is 10.1 Å². The van der Waals surface area contributed by atoms with E-state index in [0.29, 0.717) is 0 Å². The molecule has 1 N–H and O–H groups in total. The summed E-state index contributed by atoms with van der Waals surface area (Å²) >= 11 is 0. The number of benzene rings is 1. The Balaban J connectivity index is 3.22. The number of aliphatic hydroxyl groups is 1. The second-order valence-electron chi connectivity index (χ2n) is 3.45. The van der Waals surface area contributed by atoms with Crippen molar-refractivity contribution in [3.05, 3.63) is 51.6 Å². The molecule has 0 saturated carbocycles. The van der Waals surface area contributed by atoms with Crippen molar-refractivity contribution in [2.75, 3.05) is 7.11 Å². The molecular formula is C12H13NO5. The molecule has 0 amide bonds. The number of aliphatic hydroxyl groups excluding tert-OH is 1. The van der Waals surface area contributed by atoms with Gasteiger partial charge in [-0.2, -0.15) is 0 Å². The van der Waals surface area contributed by atoms with Crippen molar-refractivity contribution in [3.8, 4) is 0 Å². The van der Waals surface area contributed by atoms with Crippen LogP contribution in [-0.2, 0) is 9.53 Å². The highest BCUT2D eigenvalue weighted by atomic mass is 16.6. The lowest BCUT2D eigenvalue weighted by atomic mass is 10.00. The highest BCUT2D eigenvalue weighted by molar-refractivity contribution is 5.89. The van der Waals surface area contributed by atoms with Gasteiger partial charge in [0, 0.05) is 6.07 Å². The fourth-order valence-electron chi connectivity index (χ4n) is 1.56. The standard InChI is InChI=1S/C12H13NO5/c1-3-8(12(15)18-2)11(14)9-6-4-5-7-10(9)13(16)17/h3-7,11,14H,1-2H3/b8-3+. The number of hydrogen-bond acceptors (Lipinski definition) is 5. The van der Waals surface area contributed by atoms with Crippen LogP contribution in [0.1, 0.15) is 18.6 Å². The molecule has 1 aromatic carbocycles. The van der Waals surface area contributed by atoms with Gasteiger partial charge in [-0.25, -0.2) is 4.79 Å². The Morgan fingerprint density at radius 1 is 1.50 bits per heavy atom. The van der Waals surface area contributed by atoms with E-state index in [9.17, 15) is 20.0 Å². The van der Waals surface area contributed by atoms with E-state index < -0.39 is 17.0 Å². The van der Waals surface area contributed by atoms with Crippen molar-refractivity contribution in [2.24, 2.45) is 0 Å². The Labute approximate surface area is 104 Å². The summed E-state index contributed by atoms with van der Waals surface area (Å²) in [6.07, 6.45) is -0.0169. The topological polar surface area (TPSA) is 89.7 Å². The van der Waals surface area contributed by atoms with Gasteiger partial charge in [0.25, 0.3) is 5.69 Å². The molecule has 18 heavy (non-hydrogen) atoms. The smallest absolute Gasteiger partial charge is 0.336 e. The first-order chi connectivity index (χ1) is 8.52. The summed E-state index contributed by atoms with van der Waals surface area (Å²) in [6.45, 7) is 1.55. The van der Waals surface area contributed by atoms with Gasteiger partial charge in [0.2, 0.25) is 0 Å². The summed E-state index contributed by atoms with van der Waals surface area (Å²) in [5.41, 5.74) is -0.221. The van der Waals surface area contributed by atoms with E-state index in [1.807, 2.05) is 0 Å². The quantitative estimate of drug-likeness (QED) is 0.381. The predicted molar refractivity (Wildman–Crippen MR) is 63.8 cm³/mol. The number of nitrogens with zero attached hydrogens (tertiary/aromatic N) is 1. The SMILES string of the molecule is C/C=C(/C(=O)OC)C(O)c1ccccc1[N+](=O)[O-]. The van der Waals surface area contributed by atoms with Gasteiger partial charge in [0.1, 0.15) is 6.10 Å². The molecule has 0 heterocycles. The number of hydrogen-bond donors (Lipinski definition) is 1. The summed E-state index contributed by atoms with van der Waals surface area (Å²) in [7, 11) is 1.18. The van der Waals surface area contributed by atoms with Crippen LogP contribution in [-0.4, -0.2) is 23.1 Å². The van der Waals surface area contributed by atoms with Crippen molar-refractivity contribution in [3.63, 3.8) is 0 Å². The van der Waals surface area contributed by atoms with Crippen LogP contribution in [0.2, 0.25) is 0 Å². The van der Waals surface area contributed by atoms with E-state index in [1.165, 1.54) is 31.4 Å². The Kier molecular flexibility index (Phi) is 4.56. The number of carbonyl (C=O) groups excluding carboxylic acids is 1. The molecular weight excluding hydrogens is 238 g/mol. The normalized spacial score (nSPS) is 12.9. The number of carbonyl (C=O) groups is 1. The second kappa shape index (κ2) is 5.92. The number of para-hydroxylation sites is 1. The number of nitro groups is 1. The number of allylic oxidation sites excluding steroid dienone is 1. The number of ether oxygens (including phenoxy) is 1. The summed E-state index contributed by atoms with van der Waals surface area (Å²) < 4.78 is 4.51. The lowest BCUT2D eigenvalue weighted by Gasteiger charge is -2.13. The predicted octanol–water partition coefficient (Wildman–Crippen LogP) is 1.75. The van der Waals surface area contributed by atoms with Gasteiger partial charge in [0.05, 0.1) is 23.2 Å². The molecule has 0 aliphatic heterocycles. The molecule has 0 spiro atoms. The summed E-state index contributed by atoms with van der Waals surface area (Å²) in [6, 6.07) is 5.70. The van der Waals surface area contributed by atoms with E-state index in [1.54, 1.807) is 13.0 Å². The first-order valence-electron chi connectivity index (χ1n) is 5.18. The third-order valence-electron chi connectivity index (χ3n) is 2.45. The fourth-order valence-corrected chi connectivity index (χ4v) is 1.56. The molecule has 0 radical (unpaired) electrons. The molecule has 1 aromatic rings. The van der Waals surface area contributed by atoms with Gasteiger partial charge >= 0.3 is 5.97 Å². The first-order valence-corrected chi connectivity index (χ1v) is 5.18. The number of nitro benzene ring substituents is 1. The number of rotatable bonds is 4. The molecule has 0 bridgehead atoms. The van der Waals surface area contributed by atoms with Crippen molar-refractivity contribution >= 4 is 11.7 Å². The maximum absolute atomic E-state index is 11.4. The van der Waals surface area contributed by atoms with Crippen LogP contribution >= 0.6 is 0 Å². The Morgan fingerprint density at radius 3 is 2.61 bits per heavy atom. The van der Waals surface area contributed by atoms with Crippen LogP contribution in [0.3, 0.4) is 0 Å². The lowest BCUT2D eigenvalue weighted by Crippen LogP contribution is -2.14. The zero-order chi connectivity index (χ0) is 13.7. The average Bonchev–Trinajstić information content (AvgIpc) is 2.39. The molecule has 6 heteroatoms. The largest absolute Gasteiger partial charge is 0.466 e. The van der Waals surface area contributed by atoms with Crippen molar-refractivity contribution in [1.29, 1.82) is 0 Å². The molecule has 0 fully saturated rings. The zero-order valence-corrected chi connectivity index (χ0v) is 9.99. The van der Waals surface area contributed by atoms with Crippen LogP contribution in [0.5, 0.6) is 0 Å². The Morgan fingerprint density at radius 2 is 2.11 bits per heavy atom. The molecule has 1 unspecified atom stereocenters. The van der Waals surface area contributed by atoms with E-state index in [-0.39, 0.29) is 16.8 Å². The van der Waals surface area contributed by atoms with Crippen LogP contribution in [0.4, 0.5) is 5.69 Å². The highest BCUT2D eigenvalue weighted by Gasteiger charge is 2.26. The zero-order valence-electron chi connectivity index (χ0n) is 9.99. The van der Waals surface area contributed by atoms with Gasteiger partial charge in [0.15, 0.2) is 0 Å². The number of methoxy groups -OCH3 is 1. The minimum atomic E-state index is -1.39. The highest BCUT2D eigenvalue weighted by Crippen LogP contribution is 2.29. The third kappa shape index (κ3) is 2.72. The van der Waals surface area contributed by atoms with Gasteiger partial charge < -0.3 is 9.84 Å². The van der Waals surface area contributed by atoms with Crippen LogP contribution in [0.15, 0.2) is 35.9 Å². The minimum Gasteiger partial charge on any atom is -0.466 e. The van der Waals surface area contributed by atoms with Crippen molar-refractivity contribution in [1.82, 2.24) is 0 Å². The van der Waals surface area contributed by atoms with E-state index in [4.69, 9.17) is 0 Å². The van der Waals surface area contributed by atoms with Gasteiger partial charge in [-0.1, -0.05) is 18.2 Å². The van der Waals surface area contributed by atoms with Crippen molar-refractivity contribution in [2.45, 2.75) is 13.0 Å². The summed E-state index contributed by atoms with van der Waals surface area (Å²) in [4.78, 5) is 21.6. The van der Waals surface area contributed by atoms with E-state index >= 15 is 0 Å². The van der Waals surface area contributed by atoms with Gasteiger partial charge in [-0.15, -0.1) is 0 Å². The lowest BCUT2D eigenvalue weighted by molar-refractivity contribution is -0.386.